The zero-order valence-corrected chi connectivity index (χ0v) is 21.4. The average Bonchev–Trinajstić information content (AvgIpc) is 3.26. The van der Waals surface area contributed by atoms with Gasteiger partial charge in [0, 0.05) is 40.1 Å². The van der Waals surface area contributed by atoms with Crippen molar-refractivity contribution < 1.29 is 19.2 Å². The number of benzene rings is 4. The molecule has 0 aliphatic heterocycles. The Morgan fingerprint density at radius 1 is 0.763 bits per heavy atom. The van der Waals surface area contributed by atoms with E-state index in [0.29, 0.717) is 23.1 Å². The van der Waals surface area contributed by atoms with Crippen LogP contribution in [-0.4, -0.2) is 27.8 Å². The zero-order chi connectivity index (χ0) is 26.8. The standard InChI is InChI=1S/C32H26N2O4/c1-4-28(33-38-21(3)35)32(37)24-14-17-30-27(19-24)26-10-5-6-11-29(26)34(30)25-15-12-22(13-16-25)31(36)23-9-7-8-20(2)18-23/h5-19H,4H2,1-3H3. The number of hydrogen-bond donors (Lipinski definition) is 0. The Kier molecular flexibility index (Phi) is 6.71. The molecule has 0 amide bonds. The summed E-state index contributed by atoms with van der Waals surface area (Å²) < 4.78 is 2.12. The molecule has 0 bridgehead atoms. The van der Waals surface area contributed by atoms with E-state index in [9.17, 15) is 14.4 Å². The molecule has 0 N–H and O–H groups in total. The normalized spacial score (nSPS) is 11.6. The minimum atomic E-state index is -0.575. The van der Waals surface area contributed by atoms with Gasteiger partial charge in [0.15, 0.2) is 5.78 Å². The first-order valence-corrected chi connectivity index (χ1v) is 12.4. The van der Waals surface area contributed by atoms with Gasteiger partial charge in [0.2, 0.25) is 5.78 Å². The van der Waals surface area contributed by atoms with E-state index < -0.39 is 5.97 Å². The molecule has 4 aromatic carbocycles. The molecule has 6 heteroatoms. The van der Waals surface area contributed by atoms with Crippen molar-refractivity contribution in [3.63, 3.8) is 0 Å². The van der Waals surface area contributed by atoms with Crippen LogP contribution in [0.5, 0.6) is 0 Å². The molecule has 0 fully saturated rings. The Hall–Kier alpha value is -4.84. The number of para-hydroxylation sites is 1. The number of nitrogens with zero attached hydrogens (tertiary/aromatic N) is 2. The first-order valence-electron chi connectivity index (χ1n) is 12.4. The fraction of sp³-hybridized carbons (Fsp3) is 0.125. The largest absolute Gasteiger partial charge is 0.331 e. The van der Waals surface area contributed by atoms with Crippen molar-refractivity contribution in [1.82, 2.24) is 4.57 Å². The third-order valence-electron chi connectivity index (χ3n) is 6.48. The fourth-order valence-corrected chi connectivity index (χ4v) is 4.66. The Balaban J connectivity index is 1.57. The minimum Gasteiger partial charge on any atom is -0.318 e. The summed E-state index contributed by atoms with van der Waals surface area (Å²) >= 11 is 0. The van der Waals surface area contributed by atoms with Crippen molar-refractivity contribution in [3.05, 3.63) is 113 Å². The number of ketones is 2. The van der Waals surface area contributed by atoms with E-state index in [1.165, 1.54) is 6.92 Å². The number of oxime groups is 1. The van der Waals surface area contributed by atoms with Gasteiger partial charge in [0.05, 0.1) is 11.0 Å². The van der Waals surface area contributed by atoms with Crippen molar-refractivity contribution in [2.75, 3.05) is 0 Å². The Morgan fingerprint density at radius 2 is 1.47 bits per heavy atom. The van der Waals surface area contributed by atoms with Crippen LogP contribution >= 0.6 is 0 Å². The van der Waals surface area contributed by atoms with Crippen molar-refractivity contribution in [2.24, 2.45) is 5.16 Å². The monoisotopic (exact) mass is 502 g/mol. The van der Waals surface area contributed by atoms with Crippen LogP contribution < -0.4 is 0 Å². The smallest absolute Gasteiger partial charge is 0.318 e. The van der Waals surface area contributed by atoms with Crippen LogP contribution in [0, 0.1) is 6.92 Å². The molecule has 0 atom stereocenters. The molecular weight excluding hydrogens is 476 g/mol. The third-order valence-corrected chi connectivity index (χ3v) is 6.48. The van der Waals surface area contributed by atoms with Gasteiger partial charge in [0.1, 0.15) is 5.71 Å². The van der Waals surface area contributed by atoms with E-state index in [1.54, 1.807) is 13.0 Å². The molecule has 0 aliphatic carbocycles. The van der Waals surface area contributed by atoms with Gasteiger partial charge in [-0.3, -0.25) is 9.59 Å². The molecular formula is C32H26N2O4. The molecule has 1 aromatic heterocycles. The lowest BCUT2D eigenvalue weighted by Crippen LogP contribution is -2.14. The van der Waals surface area contributed by atoms with Gasteiger partial charge in [-0.05, 0) is 67.9 Å². The van der Waals surface area contributed by atoms with Crippen molar-refractivity contribution >= 4 is 45.1 Å². The minimum absolute atomic E-state index is 0.0206. The first kappa shape index (κ1) is 24.8. The predicted octanol–water partition coefficient (Wildman–Crippen LogP) is 6.83. The van der Waals surface area contributed by atoms with Crippen molar-refractivity contribution in [2.45, 2.75) is 27.2 Å². The molecule has 0 saturated carbocycles. The van der Waals surface area contributed by atoms with E-state index in [4.69, 9.17) is 4.84 Å². The number of carbonyl (C=O) groups is 3. The Labute approximate surface area is 220 Å². The second-order valence-corrected chi connectivity index (χ2v) is 9.13. The lowest BCUT2D eigenvalue weighted by molar-refractivity contribution is -0.140. The molecule has 6 nitrogen and oxygen atoms in total. The van der Waals surface area contributed by atoms with E-state index in [0.717, 1.165) is 33.1 Å². The van der Waals surface area contributed by atoms with Crippen LogP contribution in [0.2, 0.25) is 0 Å². The molecule has 0 aliphatic rings. The quantitative estimate of drug-likeness (QED) is 0.106. The maximum atomic E-state index is 13.1. The summed E-state index contributed by atoms with van der Waals surface area (Å²) in [6, 6.07) is 28.7. The van der Waals surface area contributed by atoms with E-state index in [1.807, 2.05) is 91.9 Å². The summed E-state index contributed by atoms with van der Waals surface area (Å²) in [5.74, 6) is -0.881. The van der Waals surface area contributed by atoms with Gasteiger partial charge in [-0.25, -0.2) is 4.79 Å². The molecule has 1 heterocycles. The zero-order valence-electron chi connectivity index (χ0n) is 21.4. The molecule has 5 rings (SSSR count). The lowest BCUT2D eigenvalue weighted by atomic mass is 10.0. The molecule has 38 heavy (non-hydrogen) atoms. The van der Waals surface area contributed by atoms with Gasteiger partial charge < -0.3 is 9.40 Å². The van der Waals surface area contributed by atoms with Crippen LogP contribution in [0.25, 0.3) is 27.5 Å². The van der Waals surface area contributed by atoms with Crippen LogP contribution in [-0.2, 0) is 9.63 Å². The number of aryl methyl sites for hydroxylation is 1. The summed E-state index contributed by atoms with van der Waals surface area (Å²) in [5.41, 5.74) is 5.78. The van der Waals surface area contributed by atoms with Gasteiger partial charge in [-0.2, -0.15) is 0 Å². The SMILES string of the molecule is CCC(=NOC(C)=O)C(=O)c1ccc2c(c1)c1ccccc1n2-c1ccc(C(=O)c2cccc(C)c2)cc1. The third kappa shape index (κ3) is 4.64. The number of carbonyl (C=O) groups excluding carboxylic acids is 3. The molecule has 0 spiro atoms. The average molecular weight is 503 g/mol. The lowest BCUT2D eigenvalue weighted by Gasteiger charge is -2.10. The molecule has 5 aromatic rings. The van der Waals surface area contributed by atoms with E-state index >= 15 is 0 Å². The summed E-state index contributed by atoms with van der Waals surface area (Å²) in [4.78, 5) is 42.0. The van der Waals surface area contributed by atoms with Crippen molar-refractivity contribution in [1.29, 1.82) is 0 Å². The van der Waals surface area contributed by atoms with Crippen LogP contribution in [0.3, 0.4) is 0 Å². The summed E-state index contributed by atoms with van der Waals surface area (Å²) in [6.07, 6.45) is 0.333. The number of hydrogen-bond acceptors (Lipinski definition) is 5. The number of Topliss-reactive ketones (excluding diaryl/α,β-unsaturated/α-hetero) is 1. The fourth-order valence-electron chi connectivity index (χ4n) is 4.66. The number of rotatable bonds is 7. The maximum absolute atomic E-state index is 13.1. The molecule has 188 valence electrons. The highest BCUT2D eigenvalue weighted by molar-refractivity contribution is 6.46. The highest BCUT2D eigenvalue weighted by Crippen LogP contribution is 2.33. The predicted molar refractivity (Wildman–Crippen MR) is 149 cm³/mol. The second-order valence-electron chi connectivity index (χ2n) is 9.13. The van der Waals surface area contributed by atoms with Gasteiger partial charge in [-0.1, -0.05) is 54.0 Å². The second kappa shape index (κ2) is 10.3. The summed E-state index contributed by atoms with van der Waals surface area (Å²) in [7, 11) is 0. The van der Waals surface area contributed by atoms with Gasteiger partial charge >= 0.3 is 5.97 Å². The highest BCUT2D eigenvalue weighted by Gasteiger charge is 2.18. The van der Waals surface area contributed by atoms with Crippen LogP contribution in [0.4, 0.5) is 0 Å². The van der Waals surface area contributed by atoms with Crippen LogP contribution in [0.15, 0.2) is 96.2 Å². The maximum Gasteiger partial charge on any atom is 0.331 e. The van der Waals surface area contributed by atoms with E-state index in [-0.39, 0.29) is 17.3 Å². The Bertz CT molecular complexity index is 1740. The number of aromatic nitrogens is 1. The summed E-state index contributed by atoms with van der Waals surface area (Å²) in [6.45, 7) is 5.00. The van der Waals surface area contributed by atoms with Gasteiger partial charge in [0.25, 0.3) is 0 Å². The summed E-state index contributed by atoms with van der Waals surface area (Å²) in [5, 5.41) is 5.65. The van der Waals surface area contributed by atoms with Crippen molar-refractivity contribution in [3.8, 4) is 5.69 Å². The molecule has 0 saturated heterocycles. The molecule has 0 unspecified atom stereocenters. The van der Waals surface area contributed by atoms with Gasteiger partial charge in [-0.15, -0.1) is 0 Å². The number of fused-ring (bicyclic) bond motifs is 3. The Morgan fingerprint density at radius 3 is 2.18 bits per heavy atom. The topological polar surface area (TPSA) is 77.7 Å². The first-order chi connectivity index (χ1) is 18.4. The highest BCUT2D eigenvalue weighted by atomic mass is 16.7. The van der Waals surface area contributed by atoms with E-state index in [2.05, 4.69) is 9.72 Å². The molecule has 0 radical (unpaired) electrons. The van der Waals surface area contributed by atoms with Crippen LogP contribution in [0.1, 0.15) is 52.1 Å².